The van der Waals surface area contributed by atoms with Crippen LogP contribution in [0.5, 0.6) is 0 Å². The molecule has 0 atom stereocenters. The van der Waals surface area contributed by atoms with Gasteiger partial charge in [0.2, 0.25) is 5.91 Å². The van der Waals surface area contributed by atoms with Gasteiger partial charge >= 0.3 is 43.7 Å². The molecule has 0 aliphatic carbocycles. The van der Waals surface area contributed by atoms with Crippen LogP contribution < -0.4 is 15.5 Å². The van der Waals surface area contributed by atoms with Gasteiger partial charge in [-0.15, -0.1) is 0 Å². The van der Waals surface area contributed by atoms with Crippen molar-refractivity contribution < 1.29 is 29.7 Å². The van der Waals surface area contributed by atoms with Crippen LogP contribution in [0.1, 0.15) is 90.9 Å². The number of carboxylic acids is 2. The number of carbonyl (C=O) groups excluding carboxylic acids is 2. The summed E-state index contributed by atoms with van der Waals surface area (Å²) in [6, 6.07) is 0. The van der Waals surface area contributed by atoms with Gasteiger partial charge in [0.15, 0.2) is 0 Å². The van der Waals surface area contributed by atoms with Crippen molar-refractivity contribution in [3.8, 4) is 0 Å². The van der Waals surface area contributed by atoms with Crippen LogP contribution in [0.4, 0.5) is 0 Å². The molecular formula is C24H40CaN2O6. The Kier molecular flexibility index (Phi) is 31.4. The van der Waals surface area contributed by atoms with Gasteiger partial charge in [-0.05, 0) is 44.4 Å². The number of carbonyl (C=O) groups is 3. The number of carboxylic acid groups (broad SMARTS) is 2. The Labute approximate surface area is 228 Å². The Morgan fingerprint density at radius 3 is 1.94 bits per heavy atom. The predicted molar refractivity (Wildman–Crippen MR) is 129 cm³/mol. The topological polar surface area (TPSA) is 142 Å². The van der Waals surface area contributed by atoms with E-state index in [9.17, 15) is 24.6 Å². The first-order valence-corrected chi connectivity index (χ1v) is 11.5. The molecule has 184 valence electrons. The average molecular weight is 493 g/mol. The maximum Gasteiger partial charge on any atom is 2.00 e. The van der Waals surface area contributed by atoms with Gasteiger partial charge in [0.05, 0.1) is 0 Å². The number of allylic oxidation sites excluding steroid dienone is 2. The fourth-order valence-electron chi connectivity index (χ4n) is 2.29. The van der Waals surface area contributed by atoms with Crippen LogP contribution in [-0.4, -0.2) is 79.7 Å². The van der Waals surface area contributed by atoms with Crippen LogP contribution in [0.25, 0.3) is 0 Å². The summed E-state index contributed by atoms with van der Waals surface area (Å²) in [7, 11) is 0. The first-order chi connectivity index (χ1) is 15.3. The molecule has 33 heavy (non-hydrogen) atoms. The molecule has 0 radical (unpaired) electrons. The quantitative estimate of drug-likeness (QED) is 0.0987. The third-order valence-electron chi connectivity index (χ3n) is 4.09. The van der Waals surface area contributed by atoms with Gasteiger partial charge < -0.3 is 30.4 Å². The number of hydrogen-bond donors (Lipinski definition) is 2. The van der Waals surface area contributed by atoms with E-state index < -0.39 is 11.9 Å². The Balaban J connectivity index is -0.000000529. The molecule has 0 aromatic heterocycles. The molecule has 0 bridgehead atoms. The zero-order valence-electron chi connectivity index (χ0n) is 20.4. The monoisotopic (exact) mass is 492 g/mol. The first kappa shape index (κ1) is 36.2. The second-order valence-corrected chi connectivity index (χ2v) is 7.23. The summed E-state index contributed by atoms with van der Waals surface area (Å²) in [6.07, 6.45) is 15.9. The van der Waals surface area contributed by atoms with Gasteiger partial charge in [-0.3, -0.25) is 9.59 Å². The van der Waals surface area contributed by atoms with Crippen molar-refractivity contribution in [1.82, 2.24) is 5.32 Å². The molecule has 1 amide bonds. The van der Waals surface area contributed by atoms with Crippen molar-refractivity contribution in [2.45, 2.75) is 90.9 Å². The molecule has 0 saturated carbocycles. The van der Waals surface area contributed by atoms with E-state index in [4.69, 9.17) is 5.11 Å². The number of aliphatic imine (C=N–C) groups is 1. The number of nitrogens with zero attached hydrogens (tertiary/aromatic N) is 1. The second kappa shape index (κ2) is 28.7. The van der Waals surface area contributed by atoms with Gasteiger partial charge in [-0.1, -0.05) is 63.8 Å². The second-order valence-electron chi connectivity index (χ2n) is 7.23. The van der Waals surface area contributed by atoms with Gasteiger partial charge in [-0.25, -0.2) is 0 Å². The molecule has 0 rings (SSSR count). The molecule has 0 unspecified atom stereocenters. The molecule has 0 aliphatic heterocycles. The van der Waals surface area contributed by atoms with Crippen molar-refractivity contribution >= 4 is 61.5 Å². The van der Waals surface area contributed by atoms with Crippen molar-refractivity contribution in [2.24, 2.45) is 4.99 Å². The van der Waals surface area contributed by atoms with E-state index in [1.807, 2.05) is 24.3 Å². The number of aliphatic carboxylic acids is 2. The van der Waals surface area contributed by atoms with E-state index in [-0.39, 0.29) is 68.9 Å². The summed E-state index contributed by atoms with van der Waals surface area (Å²) in [6.45, 7) is 4.96. The summed E-state index contributed by atoms with van der Waals surface area (Å²) < 4.78 is 0. The van der Waals surface area contributed by atoms with Crippen molar-refractivity contribution in [1.29, 1.82) is 0 Å². The molecule has 2 N–H and O–H groups in total. The molecule has 0 fully saturated rings. The van der Waals surface area contributed by atoms with Crippen LogP contribution in [0.2, 0.25) is 0 Å². The van der Waals surface area contributed by atoms with Crippen LogP contribution in [0, 0.1) is 0 Å². The van der Waals surface area contributed by atoms with Crippen LogP contribution in [0.15, 0.2) is 29.3 Å². The van der Waals surface area contributed by atoms with E-state index >= 15 is 0 Å². The van der Waals surface area contributed by atoms with Crippen LogP contribution >= 0.6 is 0 Å². The summed E-state index contributed by atoms with van der Waals surface area (Å²) >= 11 is 0. The number of rotatable bonds is 18. The summed E-state index contributed by atoms with van der Waals surface area (Å²) in [4.78, 5) is 35.2. The van der Waals surface area contributed by atoms with E-state index in [1.54, 1.807) is 0 Å². The third-order valence-corrected chi connectivity index (χ3v) is 4.09. The smallest absolute Gasteiger partial charge is 0.862 e. The molecule has 0 spiro atoms. The average Bonchev–Trinajstić information content (AvgIpc) is 2.74. The Morgan fingerprint density at radius 1 is 0.848 bits per heavy atom. The zero-order chi connectivity index (χ0) is 24.5. The molecule has 0 aliphatic rings. The van der Waals surface area contributed by atoms with E-state index in [2.05, 4.69) is 24.2 Å². The third kappa shape index (κ3) is 35.4. The maximum absolute atomic E-state index is 11.2. The van der Waals surface area contributed by atoms with Crippen LogP contribution in [0.3, 0.4) is 0 Å². The van der Waals surface area contributed by atoms with E-state index in [0.717, 1.165) is 38.5 Å². The van der Waals surface area contributed by atoms with Gasteiger partial charge in [0, 0.05) is 31.9 Å². The van der Waals surface area contributed by atoms with Crippen molar-refractivity contribution in [3.63, 3.8) is 0 Å². The standard InChI is InChI=1S/2C12H21NO3.Ca/c2*1-2-3-4-5-6-8-11(14)13-10-7-9-12(15)16;/h2*5-6H,2-4,7-10H2,1H3,(H,13,14)(H,15,16);/q;;+2/p-2/b2*6-5+;. The Hall–Kier alpha value is -1.38. The number of unbranched alkanes of at least 4 members (excludes halogenated alkanes) is 4. The minimum Gasteiger partial charge on any atom is -0.862 e. The normalized spacial score (nSPS) is 11.0. The molecular weight excluding hydrogens is 452 g/mol. The number of hydrogen-bond acceptors (Lipinski definition) is 6. The van der Waals surface area contributed by atoms with E-state index in [0.29, 0.717) is 32.2 Å². The molecule has 0 saturated heterocycles. The minimum absolute atomic E-state index is 0. The summed E-state index contributed by atoms with van der Waals surface area (Å²) in [5.74, 6) is -2.15. The molecule has 0 aromatic carbocycles. The van der Waals surface area contributed by atoms with Gasteiger partial charge in [0.25, 0.3) is 0 Å². The van der Waals surface area contributed by atoms with Gasteiger partial charge in [0.1, 0.15) is 0 Å². The Morgan fingerprint density at radius 2 is 1.42 bits per heavy atom. The molecule has 0 aromatic rings. The van der Waals surface area contributed by atoms with Gasteiger partial charge in [-0.2, -0.15) is 0 Å². The zero-order valence-corrected chi connectivity index (χ0v) is 22.6. The maximum atomic E-state index is 11.2. The largest absolute Gasteiger partial charge is 2.00 e. The molecule has 8 nitrogen and oxygen atoms in total. The fourth-order valence-corrected chi connectivity index (χ4v) is 2.29. The van der Waals surface area contributed by atoms with Crippen molar-refractivity contribution in [3.05, 3.63) is 24.3 Å². The fraction of sp³-hybridized carbons (Fsp3) is 0.667. The number of nitrogens with one attached hydrogen (secondary N) is 1. The molecule has 0 heterocycles. The van der Waals surface area contributed by atoms with Crippen molar-refractivity contribution in [2.75, 3.05) is 13.1 Å². The minimum atomic E-state index is -1.10. The summed E-state index contributed by atoms with van der Waals surface area (Å²) in [5, 5.41) is 32.3. The SMILES string of the molecule is CCCC/C=C/CC(=O)NCCCC(=O)O.CCCC/C=C/CC([O-])=NCCCC(=O)[O-].[Ca+2]. The predicted octanol–water partition coefficient (Wildman–Crippen LogP) is 2.13. The number of amides is 1. The Bertz CT molecular complexity index is 592. The van der Waals surface area contributed by atoms with Crippen LogP contribution in [-0.2, 0) is 14.4 Å². The first-order valence-electron chi connectivity index (χ1n) is 11.5. The summed E-state index contributed by atoms with van der Waals surface area (Å²) in [5.41, 5.74) is 0. The van der Waals surface area contributed by atoms with E-state index in [1.165, 1.54) is 0 Å². The molecule has 9 heteroatoms.